The van der Waals surface area contributed by atoms with Crippen molar-refractivity contribution in [2.45, 2.75) is 51.9 Å². The number of carbonyl (C=O) groups is 1. The molecule has 2 aliphatic heterocycles. The summed E-state index contributed by atoms with van der Waals surface area (Å²) >= 11 is 1.75. The van der Waals surface area contributed by atoms with Crippen molar-refractivity contribution in [3.05, 3.63) is 17.3 Å². The number of likely N-dealkylation sites (tertiary alicyclic amines) is 1. The lowest BCUT2D eigenvalue weighted by molar-refractivity contribution is -0.135. The van der Waals surface area contributed by atoms with Crippen molar-refractivity contribution in [3.8, 4) is 0 Å². The fourth-order valence-electron chi connectivity index (χ4n) is 4.24. The van der Waals surface area contributed by atoms with Gasteiger partial charge in [-0.2, -0.15) is 0 Å². The van der Waals surface area contributed by atoms with Gasteiger partial charge in [0, 0.05) is 31.1 Å². The number of piperidine rings is 1. The van der Waals surface area contributed by atoms with E-state index >= 15 is 0 Å². The third-order valence-electron chi connectivity index (χ3n) is 5.70. The van der Waals surface area contributed by atoms with Crippen LogP contribution in [-0.2, 0) is 11.2 Å². The average Bonchev–Trinajstić information content (AvgIpc) is 2.93. The van der Waals surface area contributed by atoms with Crippen LogP contribution in [0.5, 0.6) is 0 Å². The first-order valence-electron chi connectivity index (χ1n) is 10.0. The zero-order valence-corrected chi connectivity index (χ0v) is 16.4. The fourth-order valence-corrected chi connectivity index (χ4v) is 5.17. The van der Waals surface area contributed by atoms with Crippen LogP contribution in [0.25, 0.3) is 10.2 Å². The number of anilines is 1. The minimum absolute atomic E-state index is 0.108. The maximum absolute atomic E-state index is 13.1. The number of nitrogens with zero attached hydrogens (tertiary/aromatic N) is 4. The van der Waals surface area contributed by atoms with Crippen LogP contribution in [0.4, 0.5) is 5.82 Å². The number of thiophene rings is 1. The highest BCUT2D eigenvalue weighted by molar-refractivity contribution is 7.18. The van der Waals surface area contributed by atoms with Crippen molar-refractivity contribution < 1.29 is 4.79 Å². The zero-order chi connectivity index (χ0) is 17.9. The zero-order valence-electron chi connectivity index (χ0n) is 15.6. The molecule has 2 aromatic heterocycles. The third-order valence-corrected chi connectivity index (χ3v) is 6.88. The van der Waals surface area contributed by atoms with Gasteiger partial charge in [-0.1, -0.05) is 19.8 Å². The van der Waals surface area contributed by atoms with Gasteiger partial charge in [-0.3, -0.25) is 4.79 Å². The van der Waals surface area contributed by atoms with Crippen molar-refractivity contribution in [2.24, 2.45) is 5.92 Å². The molecule has 2 fully saturated rings. The first-order chi connectivity index (χ1) is 12.8. The number of fused-ring (bicyclic) bond motifs is 1. The van der Waals surface area contributed by atoms with E-state index in [0.29, 0.717) is 5.91 Å². The molecule has 6 heteroatoms. The summed E-state index contributed by atoms with van der Waals surface area (Å²) in [6, 6.07) is 2.23. The van der Waals surface area contributed by atoms with E-state index in [1.165, 1.54) is 17.7 Å². The van der Waals surface area contributed by atoms with Crippen molar-refractivity contribution in [1.29, 1.82) is 0 Å². The molecular weight excluding hydrogens is 344 g/mol. The molecule has 1 atom stereocenters. The predicted molar refractivity (Wildman–Crippen MR) is 107 cm³/mol. The maximum Gasteiger partial charge on any atom is 0.227 e. The van der Waals surface area contributed by atoms with E-state index in [-0.39, 0.29) is 5.92 Å². The normalized spacial score (nSPS) is 21.8. The Morgan fingerprint density at radius 3 is 2.73 bits per heavy atom. The van der Waals surface area contributed by atoms with Crippen LogP contribution >= 0.6 is 11.3 Å². The molecule has 0 radical (unpaired) electrons. The Hall–Kier alpha value is -1.69. The Balaban J connectivity index is 1.53. The Bertz CT molecular complexity index is 766. The second-order valence-electron chi connectivity index (χ2n) is 7.51. The van der Waals surface area contributed by atoms with Crippen LogP contribution in [0, 0.1) is 5.92 Å². The molecule has 1 amide bonds. The molecule has 0 spiro atoms. The second-order valence-corrected chi connectivity index (χ2v) is 8.62. The smallest absolute Gasteiger partial charge is 0.227 e. The molecule has 0 aliphatic carbocycles. The van der Waals surface area contributed by atoms with Crippen LogP contribution in [0.1, 0.15) is 50.3 Å². The van der Waals surface area contributed by atoms with Crippen LogP contribution in [-0.4, -0.2) is 47.0 Å². The molecule has 0 unspecified atom stereocenters. The lowest BCUT2D eigenvalue weighted by Crippen LogP contribution is -2.45. The SMILES string of the molecule is CCc1cc2c(N3CCC[C@@H](C(=O)N4CCCCCC4)C3)ncnc2s1. The number of aromatic nitrogens is 2. The van der Waals surface area contributed by atoms with Gasteiger partial charge in [0.25, 0.3) is 0 Å². The summed E-state index contributed by atoms with van der Waals surface area (Å²) < 4.78 is 0. The molecule has 2 saturated heterocycles. The monoisotopic (exact) mass is 372 g/mol. The Kier molecular flexibility index (Phi) is 5.38. The van der Waals surface area contributed by atoms with Gasteiger partial charge < -0.3 is 9.80 Å². The lowest BCUT2D eigenvalue weighted by atomic mass is 9.96. The molecule has 4 rings (SSSR count). The standard InChI is InChI=1S/C20H28N4OS/c1-2-16-12-17-18(21-14-22-19(17)26-16)24-11-7-8-15(13-24)20(25)23-9-5-3-4-6-10-23/h12,14-15H,2-11,13H2,1H3/t15-/m1/s1. The highest BCUT2D eigenvalue weighted by Crippen LogP contribution is 2.33. The largest absolute Gasteiger partial charge is 0.355 e. The first kappa shape index (κ1) is 17.7. The molecule has 140 valence electrons. The molecule has 26 heavy (non-hydrogen) atoms. The van der Waals surface area contributed by atoms with Crippen LogP contribution in [0.3, 0.4) is 0 Å². The summed E-state index contributed by atoms with van der Waals surface area (Å²) in [5.74, 6) is 1.48. The first-order valence-corrected chi connectivity index (χ1v) is 10.8. The van der Waals surface area contributed by atoms with Crippen LogP contribution in [0.2, 0.25) is 0 Å². The van der Waals surface area contributed by atoms with Gasteiger partial charge in [0.05, 0.1) is 11.3 Å². The topological polar surface area (TPSA) is 49.3 Å². The third kappa shape index (κ3) is 3.56. The van der Waals surface area contributed by atoms with Gasteiger partial charge in [-0.25, -0.2) is 9.97 Å². The average molecular weight is 373 g/mol. The lowest BCUT2D eigenvalue weighted by Gasteiger charge is -2.35. The molecule has 0 aromatic carbocycles. The summed E-state index contributed by atoms with van der Waals surface area (Å²) in [4.78, 5) is 29.0. The van der Waals surface area contributed by atoms with E-state index in [0.717, 1.165) is 74.3 Å². The van der Waals surface area contributed by atoms with Crippen LogP contribution < -0.4 is 4.90 Å². The Morgan fingerprint density at radius 1 is 1.15 bits per heavy atom. The highest BCUT2D eigenvalue weighted by atomic mass is 32.1. The molecule has 0 N–H and O–H groups in total. The molecule has 2 aromatic rings. The minimum atomic E-state index is 0.108. The molecule has 0 bridgehead atoms. The number of hydrogen-bond donors (Lipinski definition) is 0. The van der Waals surface area contributed by atoms with Crippen LogP contribution in [0.15, 0.2) is 12.4 Å². The highest BCUT2D eigenvalue weighted by Gasteiger charge is 2.30. The van der Waals surface area contributed by atoms with E-state index < -0.39 is 0 Å². The van der Waals surface area contributed by atoms with Crippen molar-refractivity contribution in [1.82, 2.24) is 14.9 Å². The fraction of sp³-hybridized carbons (Fsp3) is 0.650. The summed E-state index contributed by atoms with van der Waals surface area (Å²) in [5.41, 5.74) is 0. The molecule has 0 saturated carbocycles. The molecular formula is C20H28N4OS. The summed E-state index contributed by atoms with van der Waals surface area (Å²) in [5, 5.41) is 1.15. The van der Waals surface area contributed by atoms with Crippen molar-refractivity contribution in [2.75, 3.05) is 31.1 Å². The van der Waals surface area contributed by atoms with E-state index in [1.54, 1.807) is 17.7 Å². The molecule has 2 aliphatic rings. The molecule has 4 heterocycles. The quantitative estimate of drug-likeness (QED) is 0.821. The van der Waals surface area contributed by atoms with E-state index in [2.05, 4.69) is 32.8 Å². The van der Waals surface area contributed by atoms with E-state index in [9.17, 15) is 4.79 Å². The van der Waals surface area contributed by atoms with Crippen molar-refractivity contribution in [3.63, 3.8) is 0 Å². The Morgan fingerprint density at radius 2 is 1.96 bits per heavy atom. The number of hydrogen-bond acceptors (Lipinski definition) is 5. The van der Waals surface area contributed by atoms with Crippen molar-refractivity contribution >= 4 is 33.3 Å². The van der Waals surface area contributed by atoms with Gasteiger partial charge in [0.2, 0.25) is 5.91 Å². The number of rotatable bonds is 3. The van der Waals surface area contributed by atoms with E-state index in [4.69, 9.17) is 0 Å². The number of amides is 1. The number of aryl methyl sites for hydroxylation is 1. The predicted octanol–water partition coefficient (Wildman–Crippen LogP) is 3.87. The number of carbonyl (C=O) groups excluding carboxylic acids is 1. The second kappa shape index (κ2) is 7.91. The van der Waals surface area contributed by atoms with E-state index in [1.807, 2.05) is 0 Å². The maximum atomic E-state index is 13.1. The minimum Gasteiger partial charge on any atom is -0.355 e. The summed E-state index contributed by atoms with van der Waals surface area (Å²) in [6.45, 7) is 5.83. The van der Waals surface area contributed by atoms with Gasteiger partial charge in [0.15, 0.2) is 0 Å². The van der Waals surface area contributed by atoms with Gasteiger partial charge in [-0.05, 0) is 38.2 Å². The molecule has 5 nitrogen and oxygen atoms in total. The Labute approximate surface area is 159 Å². The van der Waals surface area contributed by atoms with Gasteiger partial charge in [0.1, 0.15) is 17.0 Å². The van der Waals surface area contributed by atoms with Gasteiger partial charge >= 0.3 is 0 Å². The summed E-state index contributed by atoms with van der Waals surface area (Å²) in [7, 11) is 0. The van der Waals surface area contributed by atoms with Gasteiger partial charge in [-0.15, -0.1) is 11.3 Å². The summed E-state index contributed by atoms with van der Waals surface area (Å²) in [6.07, 6.45) is 9.59.